The topological polar surface area (TPSA) is 12.0 Å². The number of rotatable bonds is 2. The summed E-state index contributed by atoms with van der Waals surface area (Å²) < 4.78 is 0.909. The van der Waals surface area contributed by atoms with Gasteiger partial charge in [0.25, 0.3) is 0 Å². The lowest BCUT2D eigenvalue weighted by molar-refractivity contribution is 0.250. The number of hydrogen-bond acceptors (Lipinski definition) is 2. The van der Waals surface area contributed by atoms with Gasteiger partial charge in [-0.1, -0.05) is 25.4 Å². The van der Waals surface area contributed by atoms with Gasteiger partial charge in [0, 0.05) is 10.3 Å². The molecular formula is C12H18ClNS. The molecule has 0 bridgehead atoms. The maximum absolute atomic E-state index is 6.01. The lowest BCUT2D eigenvalue weighted by Gasteiger charge is -2.36. The molecule has 1 fully saturated rings. The Morgan fingerprint density at radius 3 is 2.53 bits per heavy atom. The molecule has 0 saturated carbocycles. The monoisotopic (exact) mass is 243 g/mol. The molecule has 1 aliphatic rings. The highest BCUT2D eigenvalue weighted by Gasteiger charge is 2.33. The van der Waals surface area contributed by atoms with Gasteiger partial charge in [0.1, 0.15) is 0 Å². The molecule has 0 radical (unpaired) electrons. The number of nitrogens with one attached hydrogen (secondary N) is 1. The first-order valence-corrected chi connectivity index (χ1v) is 6.76. The van der Waals surface area contributed by atoms with E-state index in [2.05, 4.69) is 25.2 Å². The van der Waals surface area contributed by atoms with Gasteiger partial charge >= 0.3 is 0 Å². The van der Waals surface area contributed by atoms with Crippen LogP contribution < -0.4 is 5.32 Å². The Balaban J connectivity index is 2.17. The van der Waals surface area contributed by atoms with Crippen LogP contribution in [0.15, 0.2) is 12.1 Å². The van der Waals surface area contributed by atoms with Gasteiger partial charge in [-0.3, -0.25) is 0 Å². The van der Waals surface area contributed by atoms with E-state index >= 15 is 0 Å². The first-order valence-electron chi connectivity index (χ1n) is 5.57. The van der Waals surface area contributed by atoms with Crippen LogP contribution in [0.4, 0.5) is 0 Å². The van der Waals surface area contributed by atoms with Gasteiger partial charge in [0.2, 0.25) is 0 Å². The second-order valence-corrected chi connectivity index (χ2v) is 6.56. The van der Waals surface area contributed by atoms with Crippen molar-refractivity contribution in [3.8, 4) is 0 Å². The lowest BCUT2D eigenvalue weighted by atomic mass is 9.73. The van der Waals surface area contributed by atoms with Gasteiger partial charge in [-0.2, -0.15) is 0 Å². The Morgan fingerprint density at radius 2 is 2.00 bits per heavy atom. The van der Waals surface area contributed by atoms with Crippen LogP contribution >= 0.6 is 22.9 Å². The highest BCUT2D eigenvalue weighted by atomic mass is 35.5. The van der Waals surface area contributed by atoms with Gasteiger partial charge in [0.15, 0.2) is 0 Å². The fourth-order valence-corrected chi connectivity index (χ4v) is 3.63. The van der Waals surface area contributed by atoms with Crippen molar-refractivity contribution in [2.75, 3.05) is 13.1 Å². The summed E-state index contributed by atoms with van der Waals surface area (Å²) >= 11 is 7.74. The first-order chi connectivity index (χ1) is 7.10. The normalized spacial score (nSPS) is 19.4. The summed E-state index contributed by atoms with van der Waals surface area (Å²) in [6.45, 7) is 7.02. The molecule has 0 aromatic carbocycles. The summed E-state index contributed by atoms with van der Waals surface area (Å²) in [6.07, 6.45) is 2.56. The maximum atomic E-state index is 6.01. The second-order valence-electron chi connectivity index (χ2n) is 4.85. The molecule has 1 N–H and O–H groups in total. The first kappa shape index (κ1) is 11.4. The highest BCUT2D eigenvalue weighted by Crippen LogP contribution is 2.41. The number of thiophene rings is 1. The van der Waals surface area contributed by atoms with E-state index in [1.54, 1.807) is 11.3 Å². The molecule has 0 aliphatic carbocycles. The standard InChI is InChI=1S/C12H18ClNS/c1-12(2,9-5-7-14-8-6-9)10-3-4-11(13)15-10/h3-4,9,14H,5-8H2,1-2H3. The molecule has 2 heterocycles. The smallest absolute Gasteiger partial charge is 0.0931 e. The largest absolute Gasteiger partial charge is 0.317 e. The fourth-order valence-electron chi connectivity index (χ4n) is 2.41. The van der Waals surface area contributed by atoms with Gasteiger partial charge in [-0.15, -0.1) is 11.3 Å². The van der Waals surface area contributed by atoms with Crippen molar-refractivity contribution in [2.45, 2.75) is 32.1 Å². The van der Waals surface area contributed by atoms with Crippen molar-refractivity contribution in [2.24, 2.45) is 5.92 Å². The SMILES string of the molecule is CC(C)(c1ccc(Cl)s1)C1CCNCC1. The molecule has 84 valence electrons. The Bertz CT molecular complexity index is 326. The van der Waals surface area contributed by atoms with E-state index in [-0.39, 0.29) is 5.41 Å². The van der Waals surface area contributed by atoms with Crippen molar-refractivity contribution >= 4 is 22.9 Å². The third-order valence-corrected chi connectivity index (χ3v) is 5.14. The summed E-state index contributed by atoms with van der Waals surface area (Å²) in [5.41, 5.74) is 0.278. The van der Waals surface area contributed by atoms with E-state index in [4.69, 9.17) is 11.6 Å². The number of piperidine rings is 1. The summed E-state index contributed by atoms with van der Waals surface area (Å²) in [6, 6.07) is 4.21. The van der Waals surface area contributed by atoms with Crippen LogP contribution in [0.2, 0.25) is 4.34 Å². The molecule has 1 aliphatic heterocycles. The third kappa shape index (κ3) is 2.38. The van der Waals surface area contributed by atoms with Crippen LogP contribution in [0.1, 0.15) is 31.6 Å². The summed E-state index contributed by atoms with van der Waals surface area (Å²) in [7, 11) is 0. The molecule has 0 amide bonds. The zero-order valence-corrected chi connectivity index (χ0v) is 10.9. The van der Waals surface area contributed by atoms with Crippen LogP contribution in [0.25, 0.3) is 0 Å². The van der Waals surface area contributed by atoms with E-state index in [0.717, 1.165) is 23.3 Å². The Morgan fingerprint density at radius 1 is 1.33 bits per heavy atom. The molecule has 1 nitrogen and oxygen atoms in total. The van der Waals surface area contributed by atoms with Crippen molar-refractivity contribution in [1.29, 1.82) is 0 Å². The maximum Gasteiger partial charge on any atom is 0.0931 e. The van der Waals surface area contributed by atoms with Crippen molar-refractivity contribution in [3.05, 3.63) is 21.3 Å². The minimum atomic E-state index is 0.278. The zero-order valence-electron chi connectivity index (χ0n) is 9.35. The molecular weight excluding hydrogens is 226 g/mol. The molecule has 1 aromatic heterocycles. The fraction of sp³-hybridized carbons (Fsp3) is 0.667. The molecule has 0 unspecified atom stereocenters. The van der Waals surface area contributed by atoms with Crippen LogP contribution in [-0.4, -0.2) is 13.1 Å². The number of hydrogen-bond donors (Lipinski definition) is 1. The molecule has 2 rings (SSSR count). The Hall–Kier alpha value is -0.0500. The average molecular weight is 244 g/mol. The Kier molecular flexibility index (Phi) is 3.39. The van der Waals surface area contributed by atoms with E-state index < -0.39 is 0 Å². The van der Waals surface area contributed by atoms with Gasteiger partial charge in [-0.05, 0) is 44.0 Å². The molecule has 1 aromatic rings. The highest BCUT2D eigenvalue weighted by molar-refractivity contribution is 7.16. The minimum absolute atomic E-state index is 0.278. The van der Waals surface area contributed by atoms with Gasteiger partial charge in [0.05, 0.1) is 4.34 Å². The summed E-state index contributed by atoms with van der Waals surface area (Å²) in [5, 5.41) is 3.42. The summed E-state index contributed by atoms with van der Waals surface area (Å²) in [4.78, 5) is 1.43. The van der Waals surface area contributed by atoms with E-state index in [9.17, 15) is 0 Å². The van der Waals surface area contributed by atoms with Crippen LogP contribution in [0, 0.1) is 5.92 Å². The Labute approximate surface area is 101 Å². The molecule has 15 heavy (non-hydrogen) atoms. The van der Waals surface area contributed by atoms with E-state index in [0.29, 0.717) is 0 Å². The molecule has 3 heteroatoms. The molecule has 1 saturated heterocycles. The predicted octanol–water partition coefficient (Wildman–Crippen LogP) is 3.68. The molecule has 0 spiro atoms. The van der Waals surface area contributed by atoms with E-state index in [1.165, 1.54) is 17.7 Å². The predicted molar refractivity (Wildman–Crippen MR) is 67.9 cm³/mol. The van der Waals surface area contributed by atoms with Crippen LogP contribution in [0.3, 0.4) is 0 Å². The minimum Gasteiger partial charge on any atom is -0.317 e. The van der Waals surface area contributed by atoms with Crippen molar-refractivity contribution in [1.82, 2.24) is 5.32 Å². The van der Waals surface area contributed by atoms with Crippen molar-refractivity contribution in [3.63, 3.8) is 0 Å². The van der Waals surface area contributed by atoms with Gasteiger partial charge < -0.3 is 5.32 Å². The van der Waals surface area contributed by atoms with Gasteiger partial charge in [-0.25, -0.2) is 0 Å². The quantitative estimate of drug-likeness (QED) is 0.836. The summed E-state index contributed by atoms with van der Waals surface area (Å²) in [5.74, 6) is 0.786. The van der Waals surface area contributed by atoms with Crippen LogP contribution in [-0.2, 0) is 5.41 Å². The van der Waals surface area contributed by atoms with E-state index in [1.807, 2.05) is 6.07 Å². The lowest BCUT2D eigenvalue weighted by Crippen LogP contribution is -2.37. The average Bonchev–Trinajstić information content (AvgIpc) is 2.67. The van der Waals surface area contributed by atoms with Crippen LogP contribution in [0.5, 0.6) is 0 Å². The molecule has 0 atom stereocenters. The number of halogens is 1. The third-order valence-electron chi connectivity index (χ3n) is 3.57. The second kappa shape index (κ2) is 4.44. The zero-order chi connectivity index (χ0) is 10.9. The van der Waals surface area contributed by atoms with Crippen molar-refractivity contribution < 1.29 is 0 Å².